The second-order valence-electron chi connectivity index (χ2n) is 5.31. The predicted octanol–water partition coefficient (Wildman–Crippen LogP) is 0.0868. The van der Waals surface area contributed by atoms with Gasteiger partial charge in [-0.15, -0.1) is 0 Å². The third-order valence-corrected chi connectivity index (χ3v) is 4.86. The molecular weight excluding hydrogens is 344 g/mol. The average molecular weight is 370 g/mol. The molecule has 136 valence electrons. The number of ether oxygens (including phenoxy) is 1. The normalized spacial score (nSPS) is 12.3. The third-order valence-electron chi connectivity index (χ3n) is 2.83. The van der Waals surface area contributed by atoms with Crippen LogP contribution in [0.5, 0.6) is 0 Å². The van der Waals surface area contributed by atoms with E-state index in [1.54, 1.807) is 6.92 Å². The summed E-state index contributed by atoms with van der Waals surface area (Å²) in [6, 6.07) is 0. The average Bonchev–Trinajstić information content (AvgIpc) is 2.37. The van der Waals surface area contributed by atoms with E-state index >= 15 is 0 Å². The van der Waals surface area contributed by atoms with Crippen LogP contribution in [0.15, 0.2) is 12.2 Å². The highest BCUT2D eigenvalue weighted by Crippen LogP contribution is 2.04. The molecule has 0 heterocycles. The number of esters is 1. The van der Waals surface area contributed by atoms with Crippen LogP contribution in [0.2, 0.25) is 0 Å². The first-order chi connectivity index (χ1) is 10.4. The van der Waals surface area contributed by atoms with E-state index < -0.39 is 26.0 Å². The smallest absolute Gasteiger partial charge is 0.333 e. The summed E-state index contributed by atoms with van der Waals surface area (Å²) in [4.78, 5) is 11.1. The van der Waals surface area contributed by atoms with Crippen molar-refractivity contribution in [3.63, 3.8) is 0 Å². The lowest BCUT2D eigenvalue weighted by atomic mass is 10.2. The number of carbonyl (C=O) groups is 1. The maximum Gasteiger partial charge on any atom is 0.333 e. The molecule has 0 amide bonds. The Kier molecular flexibility index (Phi) is 9.59. The van der Waals surface area contributed by atoms with E-state index in [1.165, 1.54) is 4.31 Å². The molecule has 23 heavy (non-hydrogen) atoms. The number of carbonyl (C=O) groups excluding carboxylic acids is 1. The van der Waals surface area contributed by atoms with Crippen molar-refractivity contribution in [2.45, 2.75) is 26.2 Å². The maximum atomic E-state index is 11.6. The number of rotatable bonds is 12. The molecule has 0 aliphatic heterocycles. The summed E-state index contributed by atoms with van der Waals surface area (Å²) < 4.78 is 53.6. The third kappa shape index (κ3) is 12.2. The summed E-state index contributed by atoms with van der Waals surface area (Å²) in [5.41, 5.74) is 0.339. The molecule has 0 aromatic rings. The Morgan fingerprint density at radius 3 is 2.17 bits per heavy atom. The highest BCUT2D eigenvalue weighted by Gasteiger charge is 2.16. The second kappa shape index (κ2) is 10.0. The Morgan fingerprint density at radius 1 is 1.09 bits per heavy atom. The van der Waals surface area contributed by atoms with Gasteiger partial charge < -0.3 is 4.74 Å². The zero-order valence-electron chi connectivity index (χ0n) is 13.9. The highest BCUT2D eigenvalue weighted by atomic mass is 32.2. The van der Waals surface area contributed by atoms with Crippen molar-refractivity contribution in [1.29, 1.82) is 0 Å². The monoisotopic (exact) mass is 370 g/mol. The van der Waals surface area contributed by atoms with Crippen molar-refractivity contribution in [2.24, 2.45) is 0 Å². The van der Waals surface area contributed by atoms with Crippen molar-refractivity contribution >= 4 is 26.0 Å². The largest absolute Gasteiger partial charge is 0.462 e. The van der Waals surface area contributed by atoms with Crippen LogP contribution in [0.4, 0.5) is 0 Å². The molecule has 0 radical (unpaired) electrons. The molecule has 0 atom stereocenters. The first kappa shape index (κ1) is 22.0. The molecule has 1 N–H and O–H groups in total. The van der Waals surface area contributed by atoms with Crippen molar-refractivity contribution in [1.82, 2.24) is 9.03 Å². The molecule has 8 nitrogen and oxygen atoms in total. The molecule has 0 fully saturated rings. The molecule has 0 aromatic heterocycles. The minimum absolute atomic E-state index is 0.0299. The van der Waals surface area contributed by atoms with E-state index in [2.05, 4.69) is 11.3 Å². The van der Waals surface area contributed by atoms with Crippen LogP contribution in [0.3, 0.4) is 0 Å². The zero-order valence-corrected chi connectivity index (χ0v) is 15.5. The number of unbranched alkanes of at least 4 members (excludes halogenated alkanes) is 2. The molecule has 0 spiro atoms. The highest BCUT2D eigenvalue weighted by molar-refractivity contribution is 7.88. The molecular formula is C13H26N2O6S2. The Bertz CT molecular complexity index is 598. The molecule has 0 unspecified atom stereocenters. The van der Waals surface area contributed by atoms with Crippen molar-refractivity contribution < 1.29 is 26.4 Å². The van der Waals surface area contributed by atoms with Crippen LogP contribution in [-0.4, -0.2) is 65.9 Å². The van der Waals surface area contributed by atoms with Crippen molar-refractivity contribution in [3.05, 3.63) is 12.2 Å². The van der Waals surface area contributed by atoms with E-state index in [0.717, 1.165) is 12.5 Å². The van der Waals surface area contributed by atoms with Gasteiger partial charge in [0.15, 0.2) is 0 Å². The summed E-state index contributed by atoms with van der Waals surface area (Å²) in [6.45, 7) is 5.70. The zero-order chi connectivity index (χ0) is 18.1. The number of hydrogen-bond acceptors (Lipinski definition) is 6. The van der Waals surface area contributed by atoms with Gasteiger partial charge in [0.05, 0.1) is 19.1 Å². The summed E-state index contributed by atoms with van der Waals surface area (Å²) in [6.07, 6.45) is 4.01. The predicted molar refractivity (Wildman–Crippen MR) is 88.9 cm³/mol. The van der Waals surface area contributed by atoms with Crippen LogP contribution in [-0.2, 0) is 29.6 Å². The summed E-state index contributed by atoms with van der Waals surface area (Å²) in [7, 11) is -6.74. The van der Waals surface area contributed by atoms with E-state index in [4.69, 9.17) is 4.74 Å². The van der Waals surface area contributed by atoms with Gasteiger partial charge in [-0.3, -0.25) is 0 Å². The molecule has 0 saturated carbocycles. The van der Waals surface area contributed by atoms with Gasteiger partial charge in [0, 0.05) is 25.2 Å². The number of hydrogen-bond donors (Lipinski definition) is 1. The minimum atomic E-state index is -3.40. The topological polar surface area (TPSA) is 110 Å². The Morgan fingerprint density at radius 2 is 1.70 bits per heavy atom. The van der Waals surface area contributed by atoms with Crippen LogP contribution in [0.25, 0.3) is 0 Å². The van der Waals surface area contributed by atoms with E-state index in [0.29, 0.717) is 31.4 Å². The quantitative estimate of drug-likeness (QED) is 0.296. The lowest BCUT2D eigenvalue weighted by molar-refractivity contribution is -0.139. The summed E-state index contributed by atoms with van der Waals surface area (Å²) in [5.74, 6) is -0.436. The lowest BCUT2D eigenvalue weighted by Gasteiger charge is -2.19. The lowest BCUT2D eigenvalue weighted by Crippen LogP contribution is -2.38. The van der Waals surface area contributed by atoms with E-state index in [1.807, 2.05) is 0 Å². The summed E-state index contributed by atoms with van der Waals surface area (Å²) in [5, 5.41) is 0. The van der Waals surface area contributed by atoms with Gasteiger partial charge in [0.25, 0.3) is 0 Å². The Balaban J connectivity index is 4.08. The number of sulfonamides is 2. The molecule has 0 rings (SSSR count). The van der Waals surface area contributed by atoms with Crippen LogP contribution < -0.4 is 4.72 Å². The fourth-order valence-corrected chi connectivity index (χ4v) is 3.00. The summed E-state index contributed by atoms with van der Waals surface area (Å²) >= 11 is 0. The van der Waals surface area contributed by atoms with E-state index in [-0.39, 0.29) is 19.7 Å². The fraction of sp³-hybridized carbons (Fsp3) is 0.769. The Labute approximate surface area is 139 Å². The molecule has 0 aromatic carbocycles. The molecule has 0 saturated heterocycles. The van der Waals surface area contributed by atoms with Gasteiger partial charge >= 0.3 is 5.97 Å². The van der Waals surface area contributed by atoms with Crippen LogP contribution in [0, 0.1) is 0 Å². The van der Waals surface area contributed by atoms with Crippen LogP contribution >= 0.6 is 0 Å². The Hall–Kier alpha value is -0.970. The first-order valence-electron chi connectivity index (χ1n) is 7.16. The van der Waals surface area contributed by atoms with Crippen molar-refractivity contribution in [2.75, 3.05) is 38.8 Å². The SMILES string of the molecule is C=C(C)C(=O)OCCCCCN(CCNS(C)(=O)=O)S(C)(=O)=O. The maximum absolute atomic E-state index is 11.6. The first-order valence-corrected chi connectivity index (χ1v) is 10.9. The van der Waals surface area contributed by atoms with Gasteiger partial charge in [-0.2, -0.15) is 0 Å². The molecule has 0 aliphatic carbocycles. The number of nitrogens with zero attached hydrogens (tertiary/aromatic N) is 1. The van der Waals surface area contributed by atoms with Gasteiger partial charge in [0.2, 0.25) is 20.0 Å². The molecule has 0 bridgehead atoms. The van der Waals surface area contributed by atoms with E-state index in [9.17, 15) is 21.6 Å². The van der Waals surface area contributed by atoms with Gasteiger partial charge in [0.1, 0.15) is 0 Å². The van der Waals surface area contributed by atoms with Gasteiger partial charge in [-0.25, -0.2) is 30.7 Å². The van der Waals surface area contributed by atoms with Gasteiger partial charge in [-0.1, -0.05) is 6.58 Å². The standard InChI is InChI=1S/C13H26N2O6S2/c1-12(2)13(16)21-11-7-5-6-9-15(23(4,19)20)10-8-14-22(3,17)18/h14H,1,5-11H2,2-4H3. The second-order valence-corrected chi connectivity index (χ2v) is 9.12. The van der Waals surface area contributed by atoms with Crippen LogP contribution in [0.1, 0.15) is 26.2 Å². The minimum Gasteiger partial charge on any atom is -0.462 e. The molecule has 0 aliphatic rings. The molecule has 10 heteroatoms. The number of nitrogens with one attached hydrogen (secondary N) is 1. The fourth-order valence-electron chi connectivity index (χ4n) is 1.65. The van der Waals surface area contributed by atoms with Gasteiger partial charge in [-0.05, 0) is 26.2 Å². The van der Waals surface area contributed by atoms with Crippen molar-refractivity contribution in [3.8, 4) is 0 Å².